The van der Waals surface area contributed by atoms with Crippen LogP contribution in [0.3, 0.4) is 0 Å². The number of aromatic amines is 1. The Bertz CT molecular complexity index is 907. The van der Waals surface area contributed by atoms with Crippen molar-refractivity contribution in [3.05, 3.63) is 70.4 Å². The Morgan fingerprint density at radius 3 is 2.58 bits per heavy atom. The molecule has 2 N–H and O–H groups in total. The van der Waals surface area contributed by atoms with Crippen molar-refractivity contribution in [3.63, 3.8) is 0 Å². The Labute approximate surface area is 141 Å². The number of rotatable bonds is 3. The Hall–Kier alpha value is -2.73. The van der Waals surface area contributed by atoms with Crippen molar-refractivity contribution in [1.82, 2.24) is 10.2 Å². The maximum Gasteiger partial charge on any atom is 0.261 e. The van der Waals surface area contributed by atoms with Crippen molar-refractivity contribution in [2.75, 3.05) is 5.32 Å². The van der Waals surface area contributed by atoms with Gasteiger partial charge in [0.25, 0.3) is 5.91 Å². The maximum atomic E-state index is 14.0. The largest absolute Gasteiger partial charge is 0.306 e. The summed E-state index contributed by atoms with van der Waals surface area (Å²) in [4.78, 5) is 12.4. The first kappa shape index (κ1) is 16.1. The Balaban J connectivity index is 1.93. The SMILES string of the molecule is Cc1ccc(F)c(C(=O)Nc2[nH]ncc2-c2ccc(F)cc2)c1Cl. The Morgan fingerprint density at radius 1 is 1.17 bits per heavy atom. The van der Waals surface area contributed by atoms with E-state index in [1.165, 1.54) is 30.5 Å². The van der Waals surface area contributed by atoms with Crippen LogP contribution in [0, 0.1) is 18.6 Å². The summed E-state index contributed by atoms with van der Waals surface area (Å²) in [5, 5.41) is 9.11. The molecule has 4 nitrogen and oxygen atoms in total. The quantitative estimate of drug-likeness (QED) is 0.729. The first-order valence-electron chi connectivity index (χ1n) is 7.02. The van der Waals surface area contributed by atoms with Gasteiger partial charge in [0.15, 0.2) is 0 Å². The number of anilines is 1. The van der Waals surface area contributed by atoms with Gasteiger partial charge in [0.05, 0.1) is 16.8 Å². The first-order chi connectivity index (χ1) is 11.5. The highest BCUT2D eigenvalue weighted by Gasteiger charge is 2.20. The third kappa shape index (κ3) is 3.00. The molecule has 0 saturated heterocycles. The Morgan fingerprint density at radius 2 is 1.88 bits per heavy atom. The minimum Gasteiger partial charge on any atom is -0.306 e. The maximum absolute atomic E-state index is 14.0. The van der Waals surface area contributed by atoms with Crippen molar-refractivity contribution < 1.29 is 13.6 Å². The molecule has 0 aliphatic heterocycles. The summed E-state index contributed by atoms with van der Waals surface area (Å²) < 4.78 is 27.0. The summed E-state index contributed by atoms with van der Waals surface area (Å²) >= 11 is 6.04. The summed E-state index contributed by atoms with van der Waals surface area (Å²) in [6.07, 6.45) is 1.48. The van der Waals surface area contributed by atoms with E-state index in [4.69, 9.17) is 11.6 Å². The summed E-state index contributed by atoms with van der Waals surface area (Å²) in [5.74, 6) is -1.52. The lowest BCUT2D eigenvalue weighted by molar-refractivity contribution is 0.102. The number of aryl methyl sites for hydroxylation is 1. The minimum absolute atomic E-state index is 0.0512. The fraction of sp³-hybridized carbons (Fsp3) is 0.0588. The second-order valence-electron chi connectivity index (χ2n) is 5.17. The van der Waals surface area contributed by atoms with Crippen molar-refractivity contribution in [3.8, 4) is 11.1 Å². The summed E-state index contributed by atoms with van der Waals surface area (Å²) in [6.45, 7) is 1.68. The number of aromatic nitrogens is 2. The first-order valence-corrected chi connectivity index (χ1v) is 7.40. The van der Waals surface area contributed by atoms with Crippen LogP contribution < -0.4 is 5.32 Å². The van der Waals surface area contributed by atoms with Gasteiger partial charge in [-0.15, -0.1) is 0 Å². The van der Waals surface area contributed by atoms with E-state index in [0.717, 1.165) is 0 Å². The number of hydrogen-bond donors (Lipinski definition) is 2. The van der Waals surface area contributed by atoms with E-state index < -0.39 is 11.7 Å². The van der Waals surface area contributed by atoms with Gasteiger partial charge >= 0.3 is 0 Å². The lowest BCUT2D eigenvalue weighted by Gasteiger charge is -2.10. The highest BCUT2D eigenvalue weighted by atomic mass is 35.5. The van der Waals surface area contributed by atoms with Gasteiger partial charge < -0.3 is 5.32 Å². The highest BCUT2D eigenvalue weighted by molar-refractivity contribution is 6.35. The number of nitrogens with zero attached hydrogens (tertiary/aromatic N) is 1. The molecular weight excluding hydrogens is 336 g/mol. The molecule has 122 valence electrons. The molecule has 3 aromatic rings. The molecule has 0 saturated carbocycles. The van der Waals surface area contributed by atoms with Gasteiger partial charge in [-0.2, -0.15) is 5.10 Å². The molecule has 0 aliphatic carbocycles. The molecule has 1 amide bonds. The van der Waals surface area contributed by atoms with E-state index in [2.05, 4.69) is 15.5 Å². The zero-order chi connectivity index (χ0) is 17.3. The summed E-state index contributed by atoms with van der Waals surface area (Å²) in [5.41, 5.74) is 1.55. The number of benzene rings is 2. The molecule has 7 heteroatoms. The summed E-state index contributed by atoms with van der Waals surface area (Å²) in [7, 11) is 0. The van der Waals surface area contributed by atoms with Crippen molar-refractivity contribution in [2.45, 2.75) is 6.92 Å². The number of hydrogen-bond acceptors (Lipinski definition) is 2. The molecule has 3 rings (SSSR count). The predicted octanol–water partition coefficient (Wildman–Crippen LogP) is 4.57. The highest BCUT2D eigenvalue weighted by Crippen LogP contribution is 2.28. The predicted molar refractivity (Wildman–Crippen MR) is 88.1 cm³/mol. The van der Waals surface area contributed by atoms with Crippen LogP contribution in [0.2, 0.25) is 5.02 Å². The van der Waals surface area contributed by atoms with E-state index in [-0.39, 0.29) is 22.2 Å². The molecule has 0 aliphatic rings. The number of halogens is 3. The fourth-order valence-electron chi connectivity index (χ4n) is 2.27. The van der Waals surface area contributed by atoms with E-state index in [0.29, 0.717) is 16.7 Å². The minimum atomic E-state index is -0.717. The average molecular weight is 348 g/mol. The monoisotopic (exact) mass is 347 g/mol. The van der Waals surface area contributed by atoms with Crippen molar-refractivity contribution in [2.24, 2.45) is 0 Å². The summed E-state index contributed by atoms with van der Waals surface area (Å²) in [6, 6.07) is 8.38. The van der Waals surface area contributed by atoms with Crippen molar-refractivity contribution in [1.29, 1.82) is 0 Å². The molecular formula is C17H12ClF2N3O. The van der Waals surface area contributed by atoms with Crippen LogP contribution >= 0.6 is 11.6 Å². The van der Waals surface area contributed by atoms with Crippen LogP contribution in [0.5, 0.6) is 0 Å². The van der Waals surface area contributed by atoms with Crippen LogP contribution in [0.1, 0.15) is 15.9 Å². The molecule has 0 unspecified atom stereocenters. The van der Waals surface area contributed by atoms with Crippen LogP contribution in [0.4, 0.5) is 14.6 Å². The van der Waals surface area contributed by atoms with Gasteiger partial charge in [-0.05, 0) is 36.2 Å². The van der Waals surface area contributed by atoms with Crippen LogP contribution in [0.15, 0.2) is 42.6 Å². The molecule has 1 aromatic heterocycles. The van der Waals surface area contributed by atoms with Gasteiger partial charge in [0.2, 0.25) is 0 Å². The smallest absolute Gasteiger partial charge is 0.261 e. The Kier molecular flexibility index (Phi) is 4.31. The number of carbonyl (C=O) groups excluding carboxylic acids is 1. The molecule has 24 heavy (non-hydrogen) atoms. The lowest BCUT2D eigenvalue weighted by Crippen LogP contribution is -2.15. The number of H-pyrrole nitrogens is 1. The molecule has 1 heterocycles. The molecule has 0 spiro atoms. The molecule has 2 aromatic carbocycles. The van der Waals surface area contributed by atoms with Crippen LogP contribution in [-0.4, -0.2) is 16.1 Å². The zero-order valence-electron chi connectivity index (χ0n) is 12.5. The standard InChI is InChI=1S/C17H12ClF2N3O/c1-9-2-7-13(20)14(15(9)18)17(24)22-16-12(8-21-23-16)10-3-5-11(19)6-4-10/h2-8H,1H3,(H2,21,22,23,24). The van der Waals surface area contributed by atoms with E-state index in [1.807, 2.05) is 0 Å². The fourth-order valence-corrected chi connectivity index (χ4v) is 2.51. The van der Waals surface area contributed by atoms with E-state index in [1.54, 1.807) is 19.1 Å². The molecule has 0 fully saturated rings. The topological polar surface area (TPSA) is 57.8 Å². The second-order valence-corrected chi connectivity index (χ2v) is 5.55. The third-order valence-electron chi connectivity index (χ3n) is 3.54. The normalized spacial score (nSPS) is 10.7. The van der Waals surface area contributed by atoms with Crippen LogP contribution in [-0.2, 0) is 0 Å². The average Bonchev–Trinajstić information content (AvgIpc) is 3.00. The molecule has 0 atom stereocenters. The second kappa shape index (κ2) is 6.41. The molecule has 0 radical (unpaired) electrons. The van der Waals surface area contributed by atoms with Crippen LogP contribution in [0.25, 0.3) is 11.1 Å². The van der Waals surface area contributed by atoms with E-state index >= 15 is 0 Å². The van der Waals surface area contributed by atoms with Gasteiger partial charge in [-0.1, -0.05) is 29.8 Å². The number of nitrogens with one attached hydrogen (secondary N) is 2. The van der Waals surface area contributed by atoms with Gasteiger partial charge in [-0.3, -0.25) is 9.89 Å². The third-order valence-corrected chi connectivity index (χ3v) is 4.03. The van der Waals surface area contributed by atoms with Gasteiger partial charge in [0, 0.05) is 5.56 Å². The number of amides is 1. The van der Waals surface area contributed by atoms with Gasteiger partial charge in [0.1, 0.15) is 17.5 Å². The lowest BCUT2D eigenvalue weighted by atomic mass is 10.1. The van der Waals surface area contributed by atoms with Crippen molar-refractivity contribution >= 4 is 23.3 Å². The number of carbonyl (C=O) groups is 1. The molecule has 0 bridgehead atoms. The zero-order valence-corrected chi connectivity index (χ0v) is 13.3. The van der Waals surface area contributed by atoms with E-state index in [9.17, 15) is 13.6 Å². The van der Waals surface area contributed by atoms with Gasteiger partial charge in [-0.25, -0.2) is 8.78 Å².